The Hall–Kier alpha value is -2.33. The van der Waals surface area contributed by atoms with Gasteiger partial charge >= 0.3 is 0 Å². The molecule has 0 unspecified atom stereocenters. The van der Waals surface area contributed by atoms with E-state index in [4.69, 9.17) is 16.3 Å². The monoisotopic (exact) mass is 300 g/mol. The van der Waals surface area contributed by atoms with Crippen LogP contribution in [0.15, 0.2) is 53.5 Å². The molecule has 106 valence electrons. The average molecular weight is 301 g/mol. The van der Waals surface area contributed by atoms with E-state index in [2.05, 4.69) is 5.10 Å². The van der Waals surface area contributed by atoms with Gasteiger partial charge in [0.25, 0.3) is 5.56 Å². The van der Waals surface area contributed by atoms with Crippen molar-refractivity contribution in [3.63, 3.8) is 0 Å². The topological polar surface area (TPSA) is 44.1 Å². The number of rotatable bonds is 3. The summed E-state index contributed by atoms with van der Waals surface area (Å²) in [5.41, 5.74) is 0.860. The number of halogens is 1. The molecule has 5 heteroatoms. The molecule has 0 amide bonds. The van der Waals surface area contributed by atoms with Gasteiger partial charge in [0.05, 0.1) is 25.2 Å². The van der Waals surface area contributed by atoms with Crippen LogP contribution in [0.3, 0.4) is 0 Å². The van der Waals surface area contributed by atoms with Crippen molar-refractivity contribution in [1.82, 2.24) is 9.78 Å². The van der Waals surface area contributed by atoms with Gasteiger partial charge in [-0.05, 0) is 35.9 Å². The largest absolute Gasteiger partial charge is 0.497 e. The third-order valence-corrected chi connectivity index (χ3v) is 3.54. The maximum atomic E-state index is 12.4. The fourth-order valence-electron chi connectivity index (χ4n) is 2.18. The zero-order valence-electron chi connectivity index (χ0n) is 11.4. The van der Waals surface area contributed by atoms with Crippen LogP contribution in [0.2, 0.25) is 5.02 Å². The van der Waals surface area contributed by atoms with Crippen LogP contribution in [-0.2, 0) is 6.54 Å². The van der Waals surface area contributed by atoms with E-state index >= 15 is 0 Å². The molecule has 1 heterocycles. The first-order valence-corrected chi connectivity index (χ1v) is 6.83. The van der Waals surface area contributed by atoms with Crippen molar-refractivity contribution in [1.29, 1.82) is 0 Å². The number of hydrogen-bond acceptors (Lipinski definition) is 3. The zero-order valence-corrected chi connectivity index (χ0v) is 12.2. The number of ether oxygens (including phenoxy) is 1. The summed E-state index contributed by atoms with van der Waals surface area (Å²) in [5.74, 6) is 0.784. The molecule has 0 aliphatic rings. The predicted molar refractivity (Wildman–Crippen MR) is 83.1 cm³/mol. The Balaban J connectivity index is 1.98. The molecule has 0 fully saturated rings. The Bertz CT molecular complexity index is 841. The van der Waals surface area contributed by atoms with Gasteiger partial charge in [-0.2, -0.15) is 5.10 Å². The lowest BCUT2D eigenvalue weighted by Crippen LogP contribution is -2.23. The normalized spacial score (nSPS) is 10.8. The minimum absolute atomic E-state index is 0.125. The van der Waals surface area contributed by atoms with Gasteiger partial charge in [0.1, 0.15) is 5.75 Å². The maximum absolute atomic E-state index is 12.4. The number of nitrogens with zero attached hydrogens (tertiary/aromatic N) is 2. The summed E-state index contributed by atoms with van der Waals surface area (Å²) in [6.07, 6.45) is 1.66. The van der Waals surface area contributed by atoms with Crippen molar-refractivity contribution in [3.05, 3.63) is 69.6 Å². The molecule has 0 saturated heterocycles. The van der Waals surface area contributed by atoms with E-state index < -0.39 is 0 Å². The molecule has 0 spiro atoms. The van der Waals surface area contributed by atoms with Crippen LogP contribution < -0.4 is 10.3 Å². The molecule has 21 heavy (non-hydrogen) atoms. The van der Waals surface area contributed by atoms with Crippen LogP contribution in [0.25, 0.3) is 10.8 Å². The van der Waals surface area contributed by atoms with E-state index in [9.17, 15) is 4.79 Å². The van der Waals surface area contributed by atoms with Crippen LogP contribution in [0, 0.1) is 0 Å². The number of aromatic nitrogens is 2. The number of methoxy groups -OCH3 is 1. The van der Waals surface area contributed by atoms with Crippen LogP contribution in [-0.4, -0.2) is 16.9 Å². The quantitative estimate of drug-likeness (QED) is 0.746. The van der Waals surface area contributed by atoms with Crippen LogP contribution >= 0.6 is 11.6 Å². The molecule has 0 saturated carbocycles. The van der Waals surface area contributed by atoms with E-state index in [0.29, 0.717) is 17.0 Å². The molecule has 3 rings (SSSR count). The molecule has 1 aromatic heterocycles. The average Bonchev–Trinajstić information content (AvgIpc) is 2.51. The van der Waals surface area contributed by atoms with Crippen molar-refractivity contribution in [2.75, 3.05) is 7.11 Å². The molecule has 0 N–H and O–H groups in total. The predicted octanol–water partition coefficient (Wildman–Crippen LogP) is 3.11. The molecule has 0 radical (unpaired) electrons. The molecule has 0 aliphatic heterocycles. The second-order valence-electron chi connectivity index (χ2n) is 4.69. The molecular weight excluding hydrogens is 288 g/mol. The SMILES string of the molecule is COc1ccc(Cn2ncc3cc(Cl)ccc3c2=O)cc1. The van der Waals surface area contributed by atoms with Gasteiger partial charge in [-0.15, -0.1) is 0 Å². The molecule has 0 atom stereocenters. The zero-order chi connectivity index (χ0) is 14.8. The van der Waals surface area contributed by atoms with Crippen molar-refractivity contribution in [2.45, 2.75) is 6.54 Å². The lowest BCUT2D eigenvalue weighted by Gasteiger charge is -2.07. The first-order chi connectivity index (χ1) is 10.2. The number of benzene rings is 2. The summed E-state index contributed by atoms with van der Waals surface area (Å²) in [5, 5.41) is 6.16. The van der Waals surface area contributed by atoms with E-state index in [-0.39, 0.29) is 5.56 Å². The van der Waals surface area contributed by atoms with Crippen molar-refractivity contribution < 1.29 is 4.74 Å². The van der Waals surface area contributed by atoms with Crippen molar-refractivity contribution in [2.24, 2.45) is 0 Å². The summed E-state index contributed by atoms with van der Waals surface area (Å²) in [6.45, 7) is 0.418. The highest BCUT2D eigenvalue weighted by Gasteiger charge is 2.05. The first kappa shape index (κ1) is 13.6. The third-order valence-electron chi connectivity index (χ3n) is 3.31. The van der Waals surface area contributed by atoms with Gasteiger partial charge < -0.3 is 4.74 Å². The van der Waals surface area contributed by atoms with Gasteiger partial charge in [-0.1, -0.05) is 23.7 Å². The van der Waals surface area contributed by atoms with E-state index in [1.54, 1.807) is 31.5 Å². The first-order valence-electron chi connectivity index (χ1n) is 6.46. The fraction of sp³-hybridized carbons (Fsp3) is 0.125. The van der Waals surface area contributed by atoms with E-state index in [0.717, 1.165) is 16.7 Å². The van der Waals surface area contributed by atoms with Gasteiger partial charge in [0.2, 0.25) is 0 Å². The van der Waals surface area contributed by atoms with E-state index in [1.165, 1.54) is 4.68 Å². The smallest absolute Gasteiger partial charge is 0.274 e. The third kappa shape index (κ3) is 2.76. The highest BCUT2D eigenvalue weighted by Crippen LogP contribution is 2.16. The Kier molecular flexibility index (Phi) is 3.62. The number of fused-ring (bicyclic) bond motifs is 1. The van der Waals surface area contributed by atoms with Crippen LogP contribution in [0.4, 0.5) is 0 Å². The van der Waals surface area contributed by atoms with Gasteiger partial charge in [-0.25, -0.2) is 4.68 Å². The fourth-order valence-corrected chi connectivity index (χ4v) is 2.36. The highest BCUT2D eigenvalue weighted by atomic mass is 35.5. The summed E-state index contributed by atoms with van der Waals surface area (Å²) in [7, 11) is 1.62. The lowest BCUT2D eigenvalue weighted by molar-refractivity contribution is 0.414. The van der Waals surface area contributed by atoms with Crippen molar-refractivity contribution >= 4 is 22.4 Å². The van der Waals surface area contributed by atoms with Crippen LogP contribution in [0.5, 0.6) is 5.75 Å². The Morgan fingerprint density at radius 2 is 1.95 bits per heavy atom. The van der Waals surface area contributed by atoms with Gasteiger partial charge in [0.15, 0.2) is 0 Å². The minimum atomic E-state index is -0.125. The van der Waals surface area contributed by atoms with E-state index in [1.807, 2.05) is 24.3 Å². The lowest BCUT2D eigenvalue weighted by atomic mass is 10.2. The molecule has 4 nitrogen and oxygen atoms in total. The summed E-state index contributed by atoms with van der Waals surface area (Å²) in [6, 6.07) is 12.7. The Morgan fingerprint density at radius 1 is 1.19 bits per heavy atom. The summed E-state index contributed by atoms with van der Waals surface area (Å²) in [4.78, 5) is 12.4. The molecular formula is C16H13ClN2O2. The summed E-state index contributed by atoms with van der Waals surface area (Å²) >= 11 is 5.92. The van der Waals surface area contributed by atoms with Crippen molar-refractivity contribution in [3.8, 4) is 5.75 Å². The highest BCUT2D eigenvalue weighted by molar-refractivity contribution is 6.31. The number of hydrogen-bond donors (Lipinski definition) is 0. The minimum Gasteiger partial charge on any atom is -0.497 e. The Labute approximate surface area is 126 Å². The maximum Gasteiger partial charge on any atom is 0.274 e. The molecule has 2 aromatic carbocycles. The van der Waals surface area contributed by atoms with Gasteiger partial charge in [-0.3, -0.25) is 4.79 Å². The molecule has 0 bridgehead atoms. The summed E-state index contributed by atoms with van der Waals surface area (Å²) < 4.78 is 6.56. The second-order valence-corrected chi connectivity index (χ2v) is 5.12. The molecule has 0 aliphatic carbocycles. The second kappa shape index (κ2) is 5.58. The van der Waals surface area contributed by atoms with Gasteiger partial charge in [0, 0.05) is 10.4 Å². The van der Waals surface area contributed by atoms with Crippen LogP contribution in [0.1, 0.15) is 5.56 Å². The standard InChI is InChI=1S/C16H13ClN2O2/c1-21-14-5-2-11(3-6-14)10-19-16(20)15-7-4-13(17)8-12(15)9-18-19/h2-9H,10H2,1H3. The molecule has 3 aromatic rings. The Morgan fingerprint density at radius 3 is 2.67 bits per heavy atom.